The van der Waals surface area contributed by atoms with Crippen molar-refractivity contribution in [3.63, 3.8) is 0 Å². The summed E-state index contributed by atoms with van der Waals surface area (Å²) < 4.78 is 0. The minimum atomic E-state index is 0.623. The third kappa shape index (κ3) is 5.27. The van der Waals surface area contributed by atoms with Crippen LogP contribution in [0.1, 0.15) is 51.9 Å². The average molecular weight is 313 g/mol. The Kier molecular flexibility index (Phi) is 7.18. The predicted molar refractivity (Wildman–Crippen MR) is 88.7 cm³/mol. The SMILES string of the molecule is CCCNC1CCCCCCC1Sc1ccc(Cl)cn1. The molecule has 2 rings (SSSR count). The number of aromatic nitrogens is 1. The Morgan fingerprint density at radius 3 is 2.75 bits per heavy atom. The minimum absolute atomic E-state index is 0.623. The highest BCUT2D eigenvalue weighted by atomic mass is 35.5. The van der Waals surface area contributed by atoms with Crippen LogP contribution in [0.15, 0.2) is 23.4 Å². The summed E-state index contributed by atoms with van der Waals surface area (Å²) in [6, 6.07) is 4.61. The maximum Gasteiger partial charge on any atom is 0.0964 e. The first kappa shape index (κ1) is 16.1. The Balaban J connectivity index is 1.99. The second-order valence-electron chi connectivity index (χ2n) is 5.52. The number of nitrogens with one attached hydrogen (secondary N) is 1. The first-order valence-corrected chi connectivity index (χ1v) is 9.07. The summed E-state index contributed by atoms with van der Waals surface area (Å²) in [5.41, 5.74) is 0. The van der Waals surface area contributed by atoms with Crippen molar-refractivity contribution in [3.8, 4) is 0 Å². The lowest BCUT2D eigenvalue weighted by Gasteiger charge is -2.29. The molecule has 0 spiro atoms. The molecule has 2 unspecified atom stereocenters. The van der Waals surface area contributed by atoms with Gasteiger partial charge in [-0.3, -0.25) is 0 Å². The molecule has 0 radical (unpaired) electrons. The summed E-state index contributed by atoms with van der Waals surface area (Å²) in [6.45, 7) is 3.36. The van der Waals surface area contributed by atoms with E-state index in [0.29, 0.717) is 16.3 Å². The van der Waals surface area contributed by atoms with Crippen molar-refractivity contribution in [1.29, 1.82) is 0 Å². The van der Waals surface area contributed by atoms with Gasteiger partial charge in [0.15, 0.2) is 0 Å². The van der Waals surface area contributed by atoms with Gasteiger partial charge in [-0.1, -0.05) is 44.2 Å². The van der Waals surface area contributed by atoms with Crippen LogP contribution in [0.4, 0.5) is 0 Å². The van der Waals surface area contributed by atoms with E-state index in [1.165, 1.54) is 44.9 Å². The molecule has 1 aromatic rings. The quantitative estimate of drug-likeness (QED) is 0.835. The van der Waals surface area contributed by atoms with Gasteiger partial charge >= 0.3 is 0 Å². The predicted octanol–water partition coefficient (Wildman–Crippen LogP) is 4.92. The van der Waals surface area contributed by atoms with E-state index in [9.17, 15) is 0 Å². The highest BCUT2D eigenvalue weighted by Gasteiger charge is 2.23. The third-order valence-electron chi connectivity index (χ3n) is 3.83. The highest BCUT2D eigenvalue weighted by molar-refractivity contribution is 7.99. The molecule has 1 aliphatic rings. The van der Waals surface area contributed by atoms with Gasteiger partial charge in [0.1, 0.15) is 0 Å². The normalized spacial score (nSPS) is 24.1. The lowest BCUT2D eigenvalue weighted by Crippen LogP contribution is -2.39. The molecule has 1 fully saturated rings. The highest BCUT2D eigenvalue weighted by Crippen LogP contribution is 2.32. The van der Waals surface area contributed by atoms with E-state index in [-0.39, 0.29) is 0 Å². The summed E-state index contributed by atoms with van der Waals surface area (Å²) in [5, 5.41) is 6.20. The number of hydrogen-bond donors (Lipinski definition) is 1. The van der Waals surface area contributed by atoms with Crippen molar-refractivity contribution >= 4 is 23.4 Å². The molecule has 1 aliphatic carbocycles. The van der Waals surface area contributed by atoms with Crippen LogP contribution in [0, 0.1) is 0 Å². The molecule has 112 valence electrons. The molecule has 0 saturated heterocycles. The van der Waals surface area contributed by atoms with Crippen LogP contribution in [0.25, 0.3) is 0 Å². The van der Waals surface area contributed by atoms with Gasteiger partial charge < -0.3 is 5.32 Å². The molecule has 0 amide bonds. The molecular formula is C16H25ClN2S. The zero-order valence-corrected chi connectivity index (χ0v) is 13.8. The number of halogens is 1. The Morgan fingerprint density at radius 1 is 1.25 bits per heavy atom. The molecule has 2 atom stereocenters. The summed E-state index contributed by atoms with van der Waals surface area (Å²) in [7, 11) is 0. The van der Waals surface area contributed by atoms with Crippen molar-refractivity contribution in [2.45, 2.75) is 68.2 Å². The fourth-order valence-corrected chi connectivity index (χ4v) is 4.10. The summed E-state index contributed by atoms with van der Waals surface area (Å²) in [6.07, 6.45) is 11.0. The summed E-state index contributed by atoms with van der Waals surface area (Å²) in [4.78, 5) is 4.44. The lowest BCUT2D eigenvalue weighted by molar-refractivity contribution is 0.400. The topological polar surface area (TPSA) is 24.9 Å². The average Bonchev–Trinajstić information content (AvgIpc) is 2.44. The van der Waals surface area contributed by atoms with Crippen LogP contribution in [-0.2, 0) is 0 Å². The van der Waals surface area contributed by atoms with E-state index in [2.05, 4.69) is 17.2 Å². The molecule has 1 heterocycles. The fraction of sp³-hybridized carbons (Fsp3) is 0.688. The van der Waals surface area contributed by atoms with Crippen LogP contribution in [0.5, 0.6) is 0 Å². The van der Waals surface area contributed by atoms with Crippen LogP contribution in [-0.4, -0.2) is 22.8 Å². The Hall–Kier alpha value is -0.250. The van der Waals surface area contributed by atoms with Crippen LogP contribution < -0.4 is 5.32 Å². The second kappa shape index (κ2) is 8.91. The molecule has 4 heteroatoms. The van der Waals surface area contributed by atoms with Gasteiger partial charge in [0.05, 0.1) is 10.0 Å². The summed E-state index contributed by atoms with van der Waals surface area (Å²) in [5.74, 6) is 0. The zero-order valence-electron chi connectivity index (χ0n) is 12.3. The van der Waals surface area contributed by atoms with E-state index < -0.39 is 0 Å². The van der Waals surface area contributed by atoms with Gasteiger partial charge in [0, 0.05) is 17.5 Å². The molecule has 1 N–H and O–H groups in total. The van der Waals surface area contributed by atoms with Gasteiger partial charge in [-0.2, -0.15) is 0 Å². The smallest absolute Gasteiger partial charge is 0.0964 e. The molecule has 0 aromatic carbocycles. The van der Waals surface area contributed by atoms with Gasteiger partial charge in [-0.05, 0) is 37.9 Å². The van der Waals surface area contributed by atoms with Crippen molar-refractivity contribution in [2.24, 2.45) is 0 Å². The molecule has 1 aromatic heterocycles. The maximum absolute atomic E-state index is 5.92. The zero-order chi connectivity index (χ0) is 14.2. The van der Waals surface area contributed by atoms with Crippen LogP contribution in [0.2, 0.25) is 5.02 Å². The Morgan fingerprint density at radius 2 is 2.05 bits per heavy atom. The largest absolute Gasteiger partial charge is 0.313 e. The standard InChI is InChI=1S/C16H25ClN2S/c1-2-11-18-14-7-5-3-4-6-8-15(14)20-16-10-9-13(17)12-19-16/h9-10,12,14-15,18H,2-8,11H2,1H3. The second-order valence-corrected chi connectivity index (χ2v) is 7.22. The number of nitrogens with zero attached hydrogens (tertiary/aromatic N) is 1. The molecule has 2 nitrogen and oxygen atoms in total. The number of thioether (sulfide) groups is 1. The van der Waals surface area contributed by atoms with E-state index in [1.807, 2.05) is 23.9 Å². The first-order valence-electron chi connectivity index (χ1n) is 7.81. The first-order chi connectivity index (χ1) is 9.79. The molecule has 0 aliphatic heterocycles. The van der Waals surface area contributed by atoms with Gasteiger partial charge in [0.2, 0.25) is 0 Å². The van der Waals surface area contributed by atoms with E-state index in [1.54, 1.807) is 6.20 Å². The van der Waals surface area contributed by atoms with Crippen LogP contribution >= 0.6 is 23.4 Å². The van der Waals surface area contributed by atoms with Gasteiger partial charge in [0.25, 0.3) is 0 Å². The van der Waals surface area contributed by atoms with Crippen molar-refractivity contribution in [1.82, 2.24) is 10.3 Å². The Labute approximate surface area is 132 Å². The number of rotatable bonds is 5. The Bertz CT molecular complexity index is 381. The fourth-order valence-electron chi connectivity index (χ4n) is 2.74. The van der Waals surface area contributed by atoms with Gasteiger partial charge in [-0.15, -0.1) is 11.8 Å². The monoisotopic (exact) mass is 312 g/mol. The summed E-state index contributed by atoms with van der Waals surface area (Å²) >= 11 is 7.84. The van der Waals surface area contributed by atoms with Crippen molar-refractivity contribution in [3.05, 3.63) is 23.4 Å². The molecular weight excluding hydrogens is 288 g/mol. The van der Waals surface area contributed by atoms with E-state index in [0.717, 1.165) is 11.6 Å². The number of pyridine rings is 1. The molecule has 0 bridgehead atoms. The number of hydrogen-bond acceptors (Lipinski definition) is 3. The molecule has 20 heavy (non-hydrogen) atoms. The maximum atomic E-state index is 5.92. The lowest BCUT2D eigenvalue weighted by atomic mass is 9.96. The van der Waals surface area contributed by atoms with Crippen molar-refractivity contribution < 1.29 is 0 Å². The van der Waals surface area contributed by atoms with Crippen LogP contribution in [0.3, 0.4) is 0 Å². The third-order valence-corrected chi connectivity index (χ3v) is 5.40. The van der Waals surface area contributed by atoms with E-state index >= 15 is 0 Å². The minimum Gasteiger partial charge on any atom is -0.313 e. The van der Waals surface area contributed by atoms with E-state index in [4.69, 9.17) is 11.6 Å². The molecule has 1 saturated carbocycles. The van der Waals surface area contributed by atoms with Gasteiger partial charge in [-0.25, -0.2) is 4.98 Å². The van der Waals surface area contributed by atoms with Crippen molar-refractivity contribution in [2.75, 3.05) is 6.54 Å².